The van der Waals surface area contributed by atoms with E-state index in [1.54, 1.807) is 6.92 Å². The van der Waals surface area contributed by atoms with Crippen molar-refractivity contribution >= 4 is 23.8 Å². The van der Waals surface area contributed by atoms with E-state index in [1.807, 2.05) is 30.3 Å². The van der Waals surface area contributed by atoms with Crippen LogP contribution in [0.15, 0.2) is 54.7 Å². The summed E-state index contributed by atoms with van der Waals surface area (Å²) in [5.74, 6) is -2.53. The zero-order valence-electron chi connectivity index (χ0n) is 16.2. The van der Waals surface area contributed by atoms with Crippen LogP contribution in [0.25, 0.3) is 0 Å². The number of urea groups is 1. The maximum Gasteiger partial charge on any atom is 0.405 e. The lowest BCUT2D eigenvalue weighted by Gasteiger charge is -2.21. The number of hydrogen-bond acceptors (Lipinski definition) is 6. The van der Waals surface area contributed by atoms with Gasteiger partial charge in [-0.15, -0.1) is 0 Å². The van der Waals surface area contributed by atoms with Crippen LogP contribution in [-0.2, 0) is 20.7 Å². The fourth-order valence-corrected chi connectivity index (χ4v) is 2.94. The average molecular weight is 412 g/mol. The van der Waals surface area contributed by atoms with Crippen molar-refractivity contribution < 1.29 is 28.6 Å². The summed E-state index contributed by atoms with van der Waals surface area (Å²) in [5.41, 5.74) is 1.65. The number of hydrogen-bond donors (Lipinski definition) is 2. The maximum atomic E-state index is 12.7. The van der Waals surface area contributed by atoms with Gasteiger partial charge < -0.3 is 15.3 Å². The van der Waals surface area contributed by atoms with Gasteiger partial charge in [0.1, 0.15) is 5.54 Å². The Morgan fingerprint density at radius 3 is 2.57 bits per heavy atom. The third-order valence-electron chi connectivity index (χ3n) is 4.62. The molecule has 0 spiro atoms. The molecule has 30 heavy (non-hydrogen) atoms. The first-order valence-electron chi connectivity index (χ1n) is 9.15. The van der Waals surface area contributed by atoms with E-state index in [9.17, 15) is 24.4 Å². The Morgan fingerprint density at radius 1 is 1.17 bits per heavy atom. The van der Waals surface area contributed by atoms with Gasteiger partial charge in [-0.3, -0.25) is 15.0 Å². The van der Waals surface area contributed by atoms with Crippen molar-refractivity contribution in [2.45, 2.75) is 25.3 Å². The molecule has 10 nitrogen and oxygen atoms in total. The molecule has 1 fully saturated rings. The molecular formula is C20H20N4O6. The van der Waals surface area contributed by atoms with Crippen molar-refractivity contribution in [3.8, 4) is 0 Å². The van der Waals surface area contributed by atoms with Gasteiger partial charge in [0, 0.05) is 12.1 Å². The lowest BCUT2D eigenvalue weighted by Crippen LogP contribution is -2.50. The van der Waals surface area contributed by atoms with Crippen molar-refractivity contribution in [1.82, 2.24) is 15.8 Å². The minimum Gasteiger partial charge on any atom is -0.618 e. The molecule has 2 aromatic rings. The van der Waals surface area contributed by atoms with Crippen LogP contribution in [0.3, 0.4) is 0 Å². The van der Waals surface area contributed by atoms with Crippen LogP contribution < -0.4 is 15.5 Å². The Hall–Kier alpha value is -3.95. The van der Waals surface area contributed by atoms with Crippen LogP contribution in [0.2, 0.25) is 0 Å². The highest BCUT2D eigenvalue weighted by Crippen LogP contribution is 2.22. The number of ether oxygens (including phenoxy) is 1. The van der Waals surface area contributed by atoms with Gasteiger partial charge in [-0.1, -0.05) is 30.3 Å². The molecule has 0 aliphatic carbocycles. The standard InChI is InChI=1S/C20H20N4O6/c1-20(11-10-14-7-3-2-4-8-14)18(27)24(19(28)21-20)22-16(25)13-30-17(26)15-9-5-6-12-23(15)29/h2-9,12H,10-11,13H2,1H3,(H,21,28)(H,22,25)/t20-/m0/s1. The molecule has 10 heteroatoms. The van der Waals surface area contributed by atoms with Crippen molar-refractivity contribution in [3.05, 3.63) is 71.2 Å². The predicted octanol–water partition coefficient (Wildman–Crippen LogP) is 0.451. The summed E-state index contributed by atoms with van der Waals surface area (Å²) >= 11 is 0. The van der Waals surface area contributed by atoms with Crippen LogP contribution >= 0.6 is 0 Å². The third kappa shape index (κ3) is 4.54. The first kappa shape index (κ1) is 20.8. The first-order chi connectivity index (χ1) is 14.3. The molecule has 1 aromatic carbocycles. The minimum atomic E-state index is -1.19. The zero-order valence-corrected chi connectivity index (χ0v) is 16.2. The number of aromatic nitrogens is 1. The number of pyridine rings is 1. The number of nitrogens with one attached hydrogen (secondary N) is 2. The SMILES string of the molecule is C[C@@]1(CCc2ccccc2)NC(=O)N(NC(=O)COC(=O)c2cccc[n+]2[O-])C1=O. The van der Waals surface area contributed by atoms with E-state index >= 15 is 0 Å². The fraction of sp³-hybridized carbons (Fsp3) is 0.250. The summed E-state index contributed by atoms with van der Waals surface area (Å²) < 4.78 is 5.07. The number of carbonyl (C=O) groups is 4. The molecule has 1 aliphatic heterocycles. The Balaban J connectivity index is 1.55. The van der Waals surface area contributed by atoms with Gasteiger partial charge in [0.05, 0.1) is 0 Å². The largest absolute Gasteiger partial charge is 0.618 e. The average Bonchev–Trinajstić information content (AvgIpc) is 2.95. The summed E-state index contributed by atoms with van der Waals surface area (Å²) in [6.07, 6.45) is 2.00. The third-order valence-corrected chi connectivity index (χ3v) is 4.62. The van der Waals surface area contributed by atoms with Gasteiger partial charge in [-0.05, 0) is 31.4 Å². The number of benzene rings is 1. The van der Waals surface area contributed by atoms with Crippen molar-refractivity contribution in [2.75, 3.05) is 6.61 Å². The topological polar surface area (TPSA) is 132 Å². The van der Waals surface area contributed by atoms with Crippen LogP contribution in [-0.4, -0.2) is 41.0 Å². The van der Waals surface area contributed by atoms with E-state index in [1.165, 1.54) is 18.2 Å². The first-order valence-corrected chi connectivity index (χ1v) is 9.15. The van der Waals surface area contributed by atoms with Gasteiger partial charge >= 0.3 is 17.7 Å². The number of rotatable bonds is 7. The van der Waals surface area contributed by atoms with E-state index in [-0.39, 0.29) is 5.69 Å². The summed E-state index contributed by atoms with van der Waals surface area (Å²) in [7, 11) is 0. The molecular weight excluding hydrogens is 392 g/mol. The number of esters is 1. The normalized spacial score (nSPS) is 18.1. The Bertz CT molecular complexity index is 980. The second kappa shape index (κ2) is 8.60. The second-order valence-electron chi connectivity index (χ2n) is 6.91. The van der Waals surface area contributed by atoms with Gasteiger partial charge in [-0.2, -0.15) is 9.74 Å². The number of aryl methyl sites for hydroxylation is 1. The number of hydrazine groups is 1. The van der Waals surface area contributed by atoms with E-state index in [2.05, 4.69) is 10.7 Å². The number of carbonyl (C=O) groups excluding carboxylic acids is 4. The highest BCUT2D eigenvalue weighted by atomic mass is 16.5. The van der Waals surface area contributed by atoms with Crippen LogP contribution in [0.4, 0.5) is 4.79 Å². The molecule has 1 saturated heterocycles. The lowest BCUT2D eigenvalue weighted by molar-refractivity contribution is -0.608. The Kier molecular flexibility index (Phi) is 5.95. The van der Waals surface area contributed by atoms with E-state index in [0.717, 1.165) is 11.8 Å². The van der Waals surface area contributed by atoms with E-state index < -0.39 is 36.0 Å². The molecule has 1 atom stereocenters. The molecule has 1 aliphatic rings. The van der Waals surface area contributed by atoms with Crippen molar-refractivity contribution in [3.63, 3.8) is 0 Å². The van der Waals surface area contributed by atoms with Crippen molar-refractivity contribution in [2.24, 2.45) is 0 Å². The molecule has 2 heterocycles. The number of amides is 4. The summed E-state index contributed by atoms with van der Waals surface area (Å²) in [4.78, 5) is 48.8. The lowest BCUT2D eigenvalue weighted by atomic mass is 9.93. The van der Waals surface area contributed by atoms with E-state index in [0.29, 0.717) is 22.6 Å². The van der Waals surface area contributed by atoms with E-state index in [4.69, 9.17) is 4.74 Å². The molecule has 1 aromatic heterocycles. The minimum absolute atomic E-state index is 0.297. The fourth-order valence-electron chi connectivity index (χ4n) is 2.94. The number of imide groups is 1. The second-order valence-corrected chi connectivity index (χ2v) is 6.91. The monoisotopic (exact) mass is 412 g/mol. The summed E-state index contributed by atoms with van der Waals surface area (Å²) in [6.45, 7) is 0.802. The summed E-state index contributed by atoms with van der Waals surface area (Å²) in [6, 6.07) is 12.8. The molecule has 3 rings (SSSR count). The van der Waals surface area contributed by atoms with Gasteiger partial charge in [0.25, 0.3) is 11.8 Å². The predicted molar refractivity (Wildman–Crippen MR) is 102 cm³/mol. The quantitative estimate of drug-likeness (QED) is 0.294. The molecule has 156 valence electrons. The van der Waals surface area contributed by atoms with Crippen LogP contribution in [0.5, 0.6) is 0 Å². The Morgan fingerprint density at radius 2 is 1.87 bits per heavy atom. The summed E-state index contributed by atoms with van der Waals surface area (Å²) in [5, 5.41) is 14.7. The maximum absolute atomic E-state index is 12.7. The van der Waals surface area contributed by atoms with Crippen LogP contribution in [0.1, 0.15) is 29.4 Å². The molecule has 2 N–H and O–H groups in total. The highest BCUT2D eigenvalue weighted by Gasteiger charge is 2.48. The van der Waals surface area contributed by atoms with Crippen molar-refractivity contribution in [1.29, 1.82) is 0 Å². The van der Waals surface area contributed by atoms with Gasteiger partial charge in [0.2, 0.25) is 0 Å². The van der Waals surface area contributed by atoms with Gasteiger partial charge in [-0.25, -0.2) is 9.59 Å². The number of nitrogens with zero attached hydrogens (tertiary/aromatic N) is 2. The zero-order chi connectivity index (χ0) is 21.7. The Labute approximate surface area is 172 Å². The molecule has 0 bridgehead atoms. The molecule has 4 amide bonds. The van der Waals surface area contributed by atoms with Gasteiger partial charge in [0.15, 0.2) is 12.8 Å². The smallest absolute Gasteiger partial charge is 0.405 e. The molecule has 0 saturated carbocycles. The molecule has 0 unspecified atom stereocenters. The highest BCUT2D eigenvalue weighted by molar-refractivity contribution is 6.07. The van der Waals surface area contributed by atoms with Crippen LogP contribution in [0, 0.1) is 5.21 Å². The molecule has 0 radical (unpaired) electrons.